The van der Waals surface area contributed by atoms with Gasteiger partial charge in [0.1, 0.15) is 0 Å². The summed E-state index contributed by atoms with van der Waals surface area (Å²) in [5, 5.41) is 9.97. The highest BCUT2D eigenvalue weighted by Gasteiger charge is 2.40. The van der Waals surface area contributed by atoms with E-state index in [1.807, 2.05) is 26.0 Å². The summed E-state index contributed by atoms with van der Waals surface area (Å²) in [7, 11) is -3.61. The van der Waals surface area contributed by atoms with Gasteiger partial charge in [0.15, 0.2) is 0 Å². The maximum absolute atomic E-state index is 12.7. The SMILES string of the molecule is C/C=C/C(NS(=O)(=O)c1ccc(C)cc1)C1(CO)CCCCC1. The summed E-state index contributed by atoms with van der Waals surface area (Å²) >= 11 is 0. The van der Waals surface area contributed by atoms with Gasteiger partial charge in [-0.15, -0.1) is 0 Å². The number of aryl methyl sites for hydroxylation is 1. The highest BCUT2D eigenvalue weighted by Crippen LogP contribution is 2.40. The van der Waals surface area contributed by atoms with Crippen molar-refractivity contribution >= 4 is 10.0 Å². The summed E-state index contributed by atoms with van der Waals surface area (Å²) in [6.45, 7) is 3.80. The van der Waals surface area contributed by atoms with Crippen molar-refractivity contribution in [2.45, 2.75) is 56.9 Å². The Morgan fingerprint density at radius 1 is 1.22 bits per heavy atom. The van der Waals surface area contributed by atoms with Crippen molar-refractivity contribution in [2.24, 2.45) is 5.41 Å². The third kappa shape index (κ3) is 4.22. The van der Waals surface area contributed by atoms with Gasteiger partial charge in [0.2, 0.25) is 10.0 Å². The second kappa shape index (κ2) is 7.60. The van der Waals surface area contributed by atoms with Gasteiger partial charge >= 0.3 is 0 Å². The number of aliphatic hydroxyl groups excluding tert-OH is 1. The zero-order valence-corrected chi connectivity index (χ0v) is 14.8. The van der Waals surface area contributed by atoms with E-state index in [0.717, 1.165) is 37.7 Å². The van der Waals surface area contributed by atoms with Gasteiger partial charge in [-0.1, -0.05) is 49.1 Å². The van der Waals surface area contributed by atoms with Crippen LogP contribution in [0.15, 0.2) is 41.3 Å². The van der Waals surface area contributed by atoms with Gasteiger partial charge in [-0.25, -0.2) is 13.1 Å². The molecule has 1 fully saturated rings. The molecule has 1 aliphatic carbocycles. The van der Waals surface area contributed by atoms with Gasteiger partial charge in [0, 0.05) is 11.5 Å². The molecule has 0 radical (unpaired) electrons. The Hall–Kier alpha value is -1.17. The van der Waals surface area contributed by atoms with Crippen LogP contribution < -0.4 is 4.72 Å². The van der Waals surface area contributed by atoms with E-state index in [0.29, 0.717) is 0 Å². The number of rotatable bonds is 6. The van der Waals surface area contributed by atoms with Crippen LogP contribution in [0.2, 0.25) is 0 Å². The summed E-state index contributed by atoms with van der Waals surface area (Å²) < 4.78 is 28.2. The van der Waals surface area contributed by atoms with E-state index in [1.54, 1.807) is 24.3 Å². The Bertz CT molecular complexity index is 629. The summed E-state index contributed by atoms with van der Waals surface area (Å²) in [6, 6.07) is 6.45. The van der Waals surface area contributed by atoms with Crippen molar-refractivity contribution < 1.29 is 13.5 Å². The number of sulfonamides is 1. The third-order valence-electron chi connectivity index (χ3n) is 4.82. The maximum atomic E-state index is 12.7. The summed E-state index contributed by atoms with van der Waals surface area (Å²) in [6.07, 6.45) is 8.61. The highest BCUT2D eigenvalue weighted by atomic mass is 32.2. The second-order valence-corrected chi connectivity index (χ2v) is 8.23. The Labute approximate surface area is 139 Å². The monoisotopic (exact) mass is 337 g/mol. The lowest BCUT2D eigenvalue weighted by Gasteiger charge is -2.41. The van der Waals surface area contributed by atoms with Crippen molar-refractivity contribution in [2.75, 3.05) is 6.61 Å². The topological polar surface area (TPSA) is 66.4 Å². The van der Waals surface area contributed by atoms with E-state index in [1.165, 1.54) is 0 Å². The molecular formula is C18H27NO3S. The van der Waals surface area contributed by atoms with E-state index in [9.17, 15) is 13.5 Å². The van der Waals surface area contributed by atoms with Crippen LogP contribution in [-0.2, 0) is 10.0 Å². The van der Waals surface area contributed by atoms with Crippen molar-refractivity contribution in [1.82, 2.24) is 4.72 Å². The first-order valence-electron chi connectivity index (χ1n) is 8.26. The molecule has 4 nitrogen and oxygen atoms in total. The first-order chi connectivity index (χ1) is 10.9. The van der Waals surface area contributed by atoms with E-state index in [4.69, 9.17) is 0 Å². The molecule has 0 aromatic heterocycles. The van der Waals surface area contributed by atoms with Gasteiger partial charge in [-0.2, -0.15) is 0 Å². The van der Waals surface area contributed by atoms with E-state index in [2.05, 4.69) is 4.72 Å². The quantitative estimate of drug-likeness (QED) is 0.784. The minimum Gasteiger partial charge on any atom is -0.396 e. The summed E-state index contributed by atoms with van der Waals surface area (Å²) in [5.74, 6) is 0. The van der Waals surface area contributed by atoms with E-state index < -0.39 is 15.4 Å². The zero-order chi connectivity index (χ0) is 16.9. The average Bonchev–Trinajstić information content (AvgIpc) is 2.55. The van der Waals surface area contributed by atoms with Crippen LogP contribution in [0.4, 0.5) is 0 Å². The normalized spacial score (nSPS) is 19.8. The molecule has 2 N–H and O–H groups in total. The number of benzene rings is 1. The van der Waals surface area contributed by atoms with Crippen molar-refractivity contribution in [3.8, 4) is 0 Å². The maximum Gasteiger partial charge on any atom is 0.241 e. The number of aliphatic hydroxyl groups is 1. The van der Waals surface area contributed by atoms with Gasteiger partial charge < -0.3 is 5.11 Å². The molecule has 1 aromatic carbocycles. The lowest BCUT2D eigenvalue weighted by Crippen LogP contribution is -2.49. The Morgan fingerprint density at radius 2 is 1.83 bits per heavy atom. The van der Waals surface area contributed by atoms with Crippen LogP contribution in [0.25, 0.3) is 0 Å². The second-order valence-electron chi connectivity index (χ2n) is 6.52. The summed E-state index contributed by atoms with van der Waals surface area (Å²) in [5.41, 5.74) is 0.621. The zero-order valence-electron chi connectivity index (χ0n) is 14.0. The Morgan fingerprint density at radius 3 is 2.35 bits per heavy atom. The Balaban J connectivity index is 2.29. The fraction of sp³-hybridized carbons (Fsp3) is 0.556. The lowest BCUT2D eigenvalue weighted by molar-refractivity contribution is 0.0651. The fourth-order valence-corrected chi connectivity index (χ4v) is 4.63. The van der Waals surface area contributed by atoms with Gasteiger partial charge in [-0.3, -0.25) is 0 Å². The van der Waals surface area contributed by atoms with Crippen LogP contribution in [-0.4, -0.2) is 26.2 Å². The molecule has 0 saturated heterocycles. The van der Waals surface area contributed by atoms with Crippen LogP contribution in [0.3, 0.4) is 0 Å². The molecule has 0 spiro atoms. The number of hydrogen-bond donors (Lipinski definition) is 2. The molecule has 1 aliphatic rings. The van der Waals surface area contributed by atoms with Crippen LogP contribution >= 0.6 is 0 Å². The van der Waals surface area contributed by atoms with Crippen molar-refractivity contribution in [3.05, 3.63) is 42.0 Å². The first-order valence-corrected chi connectivity index (χ1v) is 9.74. The predicted octanol–water partition coefficient (Wildman–Crippen LogP) is 3.16. The molecule has 0 amide bonds. The molecule has 5 heteroatoms. The minimum atomic E-state index is -3.61. The van der Waals surface area contributed by atoms with E-state index in [-0.39, 0.29) is 17.5 Å². The average molecular weight is 337 g/mol. The van der Waals surface area contributed by atoms with Gasteiger partial charge in [-0.05, 0) is 38.8 Å². The number of allylic oxidation sites excluding steroid dienone is 1. The van der Waals surface area contributed by atoms with Crippen molar-refractivity contribution in [1.29, 1.82) is 0 Å². The molecule has 1 aromatic rings. The number of hydrogen-bond acceptors (Lipinski definition) is 3. The highest BCUT2D eigenvalue weighted by molar-refractivity contribution is 7.89. The molecular weight excluding hydrogens is 310 g/mol. The molecule has 1 atom stereocenters. The molecule has 1 saturated carbocycles. The van der Waals surface area contributed by atoms with Crippen molar-refractivity contribution in [3.63, 3.8) is 0 Å². The molecule has 0 bridgehead atoms. The summed E-state index contributed by atoms with van der Waals surface area (Å²) in [4.78, 5) is 0.265. The van der Waals surface area contributed by atoms with Gasteiger partial charge in [0.25, 0.3) is 0 Å². The molecule has 0 aliphatic heterocycles. The standard InChI is InChI=1S/C18H27NO3S/c1-3-7-17(18(14-20)12-5-4-6-13-18)19-23(21,22)16-10-8-15(2)9-11-16/h3,7-11,17,19-20H,4-6,12-14H2,1-2H3/b7-3+. The molecule has 23 heavy (non-hydrogen) atoms. The molecule has 128 valence electrons. The Kier molecular flexibility index (Phi) is 6.00. The smallest absolute Gasteiger partial charge is 0.241 e. The van der Waals surface area contributed by atoms with Crippen LogP contribution in [0, 0.1) is 12.3 Å². The fourth-order valence-electron chi connectivity index (χ4n) is 3.34. The molecule has 2 rings (SSSR count). The van der Waals surface area contributed by atoms with Crippen LogP contribution in [0.1, 0.15) is 44.6 Å². The number of nitrogens with one attached hydrogen (secondary N) is 1. The van der Waals surface area contributed by atoms with Crippen LogP contribution in [0.5, 0.6) is 0 Å². The third-order valence-corrected chi connectivity index (χ3v) is 6.28. The largest absolute Gasteiger partial charge is 0.396 e. The molecule has 1 unspecified atom stereocenters. The van der Waals surface area contributed by atoms with Gasteiger partial charge in [0.05, 0.1) is 11.5 Å². The lowest BCUT2D eigenvalue weighted by atomic mass is 9.70. The first kappa shape index (κ1) is 18.2. The predicted molar refractivity (Wildman–Crippen MR) is 92.7 cm³/mol. The minimum absolute atomic E-state index is 0.00156. The molecule has 0 heterocycles. The van der Waals surface area contributed by atoms with E-state index >= 15 is 0 Å².